The van der Waals surface area contributed by atoms with Crippen LogP contribution < -0.4 is 5.73 Å². The lowest BCUT2D eigenvalue weighted by molar-refractivity contribution is 0.277. The number of hydrogen-bond donors (Lipinski definition) is 1. The maximum Gasteiger partial charge on any atom is 0.111 e. The van der Waals surface area contributed by atoms with E-state index in [-0.39, 0.29) is 6.04 Å². The highest BCUT2D eigenvalue weighted by Gasteiger charge is 2.22. The summed E-state index contributed by atoms with van der Waals surface area (Å²) in [6.07, 6.45) is 5.22. The van der Waals surface area contributed by atoms with Gasteiger partial charge in [-0.2, -0.15) is 0 Å². The Labute approximate surface area is 99.5 Å². The molecule has 1 aliphatic rings. The fourth-order valence-corrected chi connectivity index (χ4v) is 3.22. The number of benzene rings is 1. The molecule has 0 radical (unpaired) electrons. The third kappa shape index (κ3) is 1.85. The van der Waals surface area contributed by atoms with E-state index in [1.54, 1.807) is 11.3 Å². The SMILES string of the molecule is NC(CC1CCC1)c1nc2ccccc2s1. The quantitative estimate of drug-likeness (QED) is 0.879. The number of nitrogens with two attached hydrogens (primary N) is 1. The number of rotatable bonds is 3. The molecule has 1 aliphatic carbocycles. The first-order valence-corrected chi connectivity index (χ1v) is 6.75. The molecule has 3 heteroatoms. The summed E-state index contributed by atoms with van der Waals surface area (Å²) >= 11 is 1.75. The van der Waals surface area contributed by atoms with Crippen molar-refractivity contribution in [2.24, 2.45) is 11.7 Å². The van der Waals surface area contributed by atoms with E-state index < -0.39 is 0 Å². The summed E-state index contributed by atoms with van der Waals surface area (Å²) in [6, 6.07) is 8.41. The van der Waals surface area contributed by atoms with Gasteiger partial charge in [-0.3, -0.25) is 0 Å². The Morgan fingerprint density at radius 3 is 2.88 bits per heavy atom. The first-order valence-electron chi connectivity index (χ1n) is 5.94. The zero-order valence-electron chi connectivity index (χ0n) is 9.23. The number of hydrogen-bond acceptors (Lipinski definition) is 3. The summed E-state index contributed by atoms with van der Waals surface area (Å²) in [5.74, 6) is 0.849. The minimum atomic E-state index is 0.141. The Morgan fingerprint density at radius 2 is 2.19 bits per heavy atom. The molecule has 2 nitrogen and oxygen atoms in total. The van der Waals surface area contributed by atoms with Crippen molar-refractivity contribution < 1.29 is 0 Å². The molecular weight excluding hydrogens is 216 g/mol. The molecule has 1 saturated carbocycles. The van der Waals surface area contributed by atoms with Crippen LogP contribution >= 0.6 is 11.3 Å². The van der Waals surface area contributed by atoms with Crippen LogP contribution in [-0.4, -0.2) is 4.98 Å². The molecule has 3 rings (SSSR count). The molecule has 1 aromatic heterocycles. The fraction of sp³-hybridized carbons (Fsp3) is 0.462. The van der Waals surface area contributed by atoms with Crippen molar-refractivity contribution in [3.05, 3.63) is 29.3 Å². The summed E-state index contributed by atoms with van der Waals surface area (Å²) < 4.78 is 1.25. The van der Waals surface area contributed by atoms with Crippen LogP contribution in [0.25, 0.3) is 10.2 Å². The Bertz CT molecular complexity index is 454. The Hall–Kier alpha value is -0.930. The third-order valence-electron chi connectivity index (χ3n) is 3.44. The maximum absolute atomic E-state index is 6.22. The second-order valence-electron chi connectivity index (χ2n) is 4.66. The molecule has 16 heavy (non-hydrogen) atoms. The number of para-hydroxylation sites is 1. The first kappa shape index (κ1) is 10.2. The Balaban J connectivity index is 1.81. The highest BCUT2D eigenvalue weighted by Crippen LogP contribution is 2.35. The van der Waals surface area contributed by atoms with Gasteiger partial charge >= 0.3 is 0 Å². The largest absolute Gasteiger partial charge is 0.322 e. The van der Waals surface area contributed by atoms with E-state index in [9.17, 15) is 0 Å². The second kappa shape index (κ2) is 4.15. The minimum absolute atomic E-state index is 0.141. The molecule has 1 aromatic carbocycles. The predicted octanol–water partition coefficient (Wildman–Crippen LogP) is 3.49. The Morgan fingerprint density at radius 1 is 1.38 bits per heavy atom. The van der Waals surface area contributed by atoms with Crippen LogP contribution in [-0.2, 0) is 0 Å². The summed E-state index contributed by atoms with van der Waals surface area (Å²) in [5, 5.41) is 1.10. The van der Waals surface area contributed by atoms with Crippen molar-refractivity contribution in [3.8, 4) is 0 Å². The topological polar surface area (TPSA) is 38.9 Å². The highest BCUT2D eigenvalue weighted by atomic mass is 32.1. The third-order valence-corrected chi connectivity index (χ3v) is 4.61. The van der Waals surface area contributed by atoms with Crippen LogP contribution in [0.3, 0.4) is 0 Å². The first-order chi connectivity index (χ1) is 7.83. The van der Waals surface area contributed by atoms with Crippen LogP contribution in [0.4, 0.5) is 0 Å². The smallest absolute Gasteiger partial charge is 0.111 e. The molecule has 0 saturated heterocycles. The van der Waals surface area contributed by atoms with Gasteiger partial charge in [0.05, 0.1) is 16.3 Å². The number of fused-ring (bicyclic) bond motifs is 1. The van der Waals surface area contributed by atoms with Gasteiger partial charge in [0.25, 0.3) is 0 Å². The van der Waals surface area contributed by atoms with E-state index in [0.29, 0.717) is 0 Å². The van der Waals surface area contributed by atoms with Crippen LogP contribution in [0, 0.1) is 5.92 Å². The van der Waals surface area contributed by atoms with Gasteiger partial charge in [-0.25, -0.2) is 4.98 Å². The normalized spacial score (nSPS) is 18.6. The Kier molecular flexibility index (Phi) is 2.65. The van der Waals surface area contributed by atoms with E-state index in [0.717, 1.165) is 22.9 Å². The van der Waals surface area contributed by atoms with E-state index in [4.69, 9.17) is 5.73 Å². The summed E-state index contributed by atoms with van der Waals surface area (Å²) in [7, 11) is 0. The molecule has 1 unspecified atom stereocenters. The van der Waals surface area contributed by atoms with Crippen LogP contribution in [0.5, 0.6) is 0 Å². The molecule has 0 bridgehead atoms. The lowest BCUT2D eigenvalue weighted by Gasteiger charge is -2.27. The highest BCUT2D eigenvalue weighted by molar-refractivity contribution is 7.18. The van der Waals surface area contributed by atoms with Crippen LogP contribution in [0.2, 0.25) is 0 Å². The molecule has 2 N–H and O–H groups in total. The van der Waals surface area contributed by atoms with Crippen molar-refractivity contribution in [2.75, 3.05) is 0 Å². The summed E-state index contributed by atoms with van der Waals surface area (Å²) in [4.78, 5) is 4.62. The van der Waals surface area contributed by atoms with E-state index in [2.05, 4.69) is 23.2 Å². The van der Waals surface area contributed by atoms with Crippen molar-refractivity contribution >= 4 is 21.6 Å². The minimum Gasteiger partial charge on any atom is -0.322 e. The predicted molar refractivity (Wildman–Crippen MR) is 68.5 cm³/mol. The zero-order valence-corrected chi connectivity index (χ0v) is 10.0. The van der Waals surface area contributed by atoms with Gasteiger partial charge in [0.15, 0.2) is 0 Å². The molecule has 2 aromatic rings. The van der Waals surface area contributed by atoms with Gasteiger partial charge in [0.1, 0.15) is 5.01 Å². The van der Waals surface area contributed by atoms with E-state index >= 15 is 0 Å². The summed E-state index contributed by atoms with van der Waals surface area (Å²) in [6.45, 7) is 0. The number of thiazole rings is 1. The molecule has 84 valence electrons. The number of aromatic nitrogens is 1. The molecule has 1 fully saturated rings. The molecule has 1 heterocycles. The number of nitrogens with zero attached hydrogens (tertiary/aromatic N) is 1. The van der Waals surface area contributed by atoms with Crippen LogP contribution in [0.1, 0.15) is 36.7 Å². The van der Waals surface area contributed by atoms with Gasteiger partial charge in [0.2, 0.25) is 0 Å². The van der Waals surface area contributed by atoms with Gasteiger partial charge in [-0.15, -0.1) is 11.3 Å². The lowest BCUT2D eigenvalue weighted by Crippen LogP contribution is -2.19. The molecular formula is C13H16N2S. The molecule has 1 atom stereocenters. The van der Waals surface area contributed by atoms with Crippen molar-refractivity contribution in [1.29, 1.82) is 0 Å². The van der Waals surface area contributed by atoms with Gasteiger partial charge in [-0.1, -0.05) is 31.4 Å². The lowest BCUT2D eigenvalue weighted by atomic mass is 9.81. The van der Waals surface area contributed by atoms with E-state index in [1.807, 2.05) is 6.07 Å². The van der Waals surface area contributed by atoms with E-state index in [1.165, 1.54) is 24.0 Å². The monoisotopic (exact) mass is 232 g/mol. The molecule has 0 aliphatic heterocycles. The van der Waals surface area contributed by atoms with Crippen LogP contribution in [0.15, 0.2) is 24.3 Å². The van der Waals surface area contributed by atoms with Crippen molar-refractivity contribution in [2.45, 2.75) is 31.7 Å². The molecule has 0 spiro atoms. The average Bonchev–Trinajstić information content (AvgIpc) is 2.66. The van der Waals surface area contributed by atoms with Gasteiger partial charge < -0.3 is 5.73 Å². The average molecular weight is 232 g/mol. The maximum atomic E-state index is 6.22. The molecule has 0 amide bonds. The fourth-order valence-electron chi connectivity index (χ4n) is 2.24. The standard InChI is InChI=1S/C13H16N2S/c14-10(8-9-4-3-5-9)13-15-11-6-1-2-7-12(11)16-13/h1-2,6-7,9-10H,3-5,8,14H2. The van der Waals surface area contributed by atoms with Gasteiger partial charge in [-0.05, 0) is 24.5 Å². The summed E-state index contributed by atoms with van der Waals surface area (Å²) in [5.41, 5.74) is 7.31. The van der Waals surface area contributed by atoms with Crippen molar-refractivity contribution in [1.82, 2.24) is 4.98 Å². The zero-order chi connectivity index (χ0) is 11.0. The van der Waals surface area contributed by atoms with Crippen molar-refractivity contribution in [3.63, 3.8) is 0 Å². The van der Waals surface area contributed by atoms with Gasteiger partial charge in [0, 0.05) is 0 Å². The second-order valence-corrected chi connectivity index (χ2v) is 5.72.